The first-order chi connectivity index (χ1) is 15.4. The zero-order chi connectivity index (χ0) is 22.9. The van der Waals surface area contributed by atoms with Gasteiger partial charge in [0.15, 0.2) is 11.5 Å². The molecule has 1 unspecified atom stereocenters. The number of imidazole rings is 1. The number of Topliss-reactive ketones (excluding diaryl/α,β-unsaturated/α-hetero) is 1. The molecule has 12 heteroatoms. The van der Waals surface area contributed by atoms with Crippen LogP contribution in [-0.4, -0.2) is 90.0 Å². The van der Waals surface area contributed by atoms with Gasteiger partial charge >= 0.3 is 0 Å². The molecule has 0 bridgehead atoms. The number of ether oxygens (including phenoxy) is 2. The predicted molar refractivity (Wildman–Crippen MR) is 109 cm³/mol. The van der Waals surface area contributed by atoms with Gasteiger partial charge in [0.2, 0.25) is 11.5 Å². The first-order valence-electron chi connectivity index (χ1n) is 9.85. The largest absolute Gasteiger partial charge is 0.394 e. The van der Waals surface area contributed by atoms with Crippen molar-refractivity contribution in [3.8, 4) is 0 Å². The third-order valence-corrected chi connectivity index (χ3v) is 5.35. The number of carbonyl (C=O) groups is 1. The third-order valence-electron chi connectivity index (χ3n) is 5.35. The summed E-state index contributed by atoms with van der Waals surface area (Å²) in [7, 11) is 0. The van der Waals surface area contributed by atoms with Gasteiger partial charge in [-0.15, -0.1) is 0 Å². The van der Waals surface area contributed by atoms with E-state index in [2.05, 4.69) is 15.0 Å². The Morgan fingerprint density at radius 3 is 2.69 bits per heavy atom. The number of nitrogen functional groups attached to an aromatic ring is 1. The Labute approximate surface area is 181 Å². The van der Waals surface area contributed by atoms with Crippen molar-refractivity contribution in [1.82, 2.24) is 19.5 Å². The Hall–Kier alpha value is -3.00. The van der Waals surface area contributed by atoms with Gasteiger partial charge in [-0.2, -0.15) is 0 Å². The van der Waals surface area contributed by atoms with Crippen LogP contribution in [0.15, 0.2) is 43.0 Å². The Bertz CT molecular complexity index is 1090. The first kappa shape index (κ1) is 22.2. The highest BCUT2D eigenvalue weighted by Crippen LogP contribution is 2.42. The normalized spacial score (nSPS) is 26.4. The number of ketones is 1. The van der Waals surface area contributed by atoms with E-state index in [1.54, 1.807) is 30.3 Å². The number of aromatic nitrogens is 4. The average molecular weight is 445 g/mol. The van der Waals surface area contributed by atoms with E-state index in [9.17, 15) is 20.1 Å². The minimum absolute atomic E-state index is 0.0708. The SMILES string of the molecule is Nc1ncnc2c1ncn2[C@]1(C(=O)c2ccccc2)O[C@H](CO)[C@@H](O)[C@H]1OCC(O)CO. The summed E-state index contributed by atoms with van der Waals surface area (Å²) in [4.78, 5) is 26.2. The number of fused-ring (bicyclic) bond motifs is 1. The van der Waals surface area contributed by atoms with Crippen LogP contribution in [0.1, 0.15) is 10.4 Å². The van der Waals surface area contributed by atoms with E-state index in [1.165, 1.54) is 17.2 Å². The molecule has 2 aromatic heterocycles. The minimum atomic E-state index is -2.06. The van der Waals surface area contributed by atoms with Crippen molar-refractivity contribution in [2.75, 3.05) is 25.6 Å². The second-order valence-corrected chi connectivity index (χ2v) is 7.36. The van der Waals surface area contributed by atoms with E-state index in [-0.39, 0.29) is 22.5 Å². The van der Waals surface area contributed by atoms with Gasteiger partial charge in [-0.05, 0) is 0 Å². The number of aliphatic hydroxyl groups excluding tert-OH is 4. The molecular formula is C20H23N5O7. The van der Waals surface area contributed by atoms with Crippen molar-refractivity contribution in [3.05, 3.63) is 48.5 Å². The molecule has 170 valence electrons. The van der Waals surface area contributed by atoms with Crippen molar-refractivity contribution < 1.29 is 34.7 Å². The first-order valence-corrected chi connectivity index (χ1v) is 9.85. The summed E-state index contributed by atoms with van der Waals surface area (Å²) in [6.07, 6.45) is -2.87. The number of benzene rings is 1. The smallest absolute Gasteiger partial charge is 0.241 e. The molecule has 1 aliphatic rings. The lowest BCUT2D eigenvalue weighted by atomic mass is 9.93. The molecule has 4 rings (SSSR count). The van der Waals surface area contributed by atoms with E-state index in [0.717, 1.165) is 0 Å². The number of hydrogen-bond acceptors (Lipinski definition) is 11. The van der Waals surface area contributed by atoms with Crippen LogP contribution in [0.25, 0.3) is 11.2 Å². The fourth-order valence-corrected chi connectivity index (χ4v) is 3.80. The van der Waals surface area contributed by atoms with Gasteiger partial charge in [0, 0.05) is 5.56 Å². The zero-order valence-electron chi connectivity index (χ0n) is 16.9. The zero-order valence-corrected chi connectivity index (χ0v) is 16.9. The van der Waals surface area contributed by atoms with Gasteiger partial charge in [-0.25, -0.2) is 15.0 Å². The topological polar surface area (TPSA) is 186 Å². The molecule has 0 spiro atoms. The number of nitrogens with zero attached hydrogens (tertiary/aromatic N) is 4. The number of rotatable bonds is 8. The Morgan fingerprint density at radius 2 is 2.00 bits per heavy atom. The average Bonchev–Trinajstić information content (AvgIpc) is 3.38. The van der Waals surface area contributed by atoms with Gasteiger partial charge in [0.05, 0.1) is 19.8 Å². The van der Waals surface area contributed by atoms with Gasteiger partial charge < -0.3 is 35.6 Å². The number of hydrogen-bond donors (Lipinski definition) is 5. The number of aliphatic hydroxyl groups is 4. The van der Waals surface area contributed by atoms with E-state index >= 15 is 0 Å². The lowest BCUT2D eigenvalue weighted by Crippen LogP contribution is -2.53. The highest BCUT2D eigenvalue weighted by molar-refractivity contribution is 6.02. The standard InChI is InChI=1S/C20H23N5O7/c21-18-14-19(23-9-22-18)25(10-24-14)20(16(30)11-4-2-1-3-5-11)17(31-8-12(28)6-26)15(29)13(7-27)32-20/h1-5,9-10,12-13,15,17,26-29H,6-8H2,(H2,21,22,23)/t12?,13-,15-,17-,20-/m1/s1. The second kappa shape index (κ2) is 8.86. The monoisotopic (exact) mass is 445 g/mol. The van der Waals surface area contributed by atoms with Crippen LogP contribution in [0.3, 0.4) is 0 Å². The number of carbonyl (C=O) groups excluding carboxylic acids is 1. The molecule has 3 aromatic rings. The molecule has 0 radical (unpaired) electrons. The third kappa shape index (κ3) is 3.52. The van der Waals surface area contributed by atoms with Crippen molar-refractivity contribution in [2.45, 2.75) is 30.1 Å². The number of nitrogens with two attached hydrogens (primary N) is 1. The Morgan fingerprint density at radius 1 is 1.25 bits per heavy atom. The highest BCUT2D eigenvalue weighted by atomic mass is 16.6. The summed E-state index contributed by atoms with van der Waals surface area (Å²) >= 11 is 0. The molecule has 12 nitrogen and oxygen atoms in total. The lowest BCUT2D eigenvalue weighted by Gasteiger charge is -2.35. The van der Waals surface area contributed by atoms with Crippen LogP contribution < -0.4 is 5.73 Å². The highest BCUT2D eigenvalue weighted by Gasteiger charge is 2.62. The molecule has 1 aromatic carbocycles. The summed E-state index contributed by atoms with van der Waals surface area (Å²) in [5.41, 5.74) is 4.42. The summed E-state index contributed by atoms with van der Waals surface area (Å²) in [6.45, 7) is -1.62. The lowest BCUT2D eigenvalue weighted by molar-refractivity contribution is -0.140. The van der Waals surface area contributed by atoms with Crippen LogP contribution in [0.4, 0.5) is 5.82 Å². The number of anilines is 1. The van der Waals surface area contributed by atoms with Gasteiger partial charge in [0.1, 0.15) is 42.6 Å². The fraction of sp³-hybridized carbons (Fsp3) is 0.400. The van der Waals surface area contributed by atoms with Crippen molar-refractivity contribution >= 4 is 22.8 Å². The van der Waals surface area contributed by atoms with Crippen LogP contribution in [-0.2, 0) is 15.2 Å². The molecule has 0 amide bonds. The van der Waals surface area contributed by atoms with Crippen molar-refractivity contribution in [3.63, 3.8) is 0 Å². The van der Waals surface area contributed by atoms with E-state index in [1.807, 2.05) is 0 Å². The molecule has 0 saturated carbocycles. The predicted octanol–water partition coefficient (Wildman–Crippen LogP) is -1.57. The maximum atomic E-state index is 13.9. The maximum Gasteiger partial charge on any atom is 0.241 e. The molecular weight excluding hydrogens is 422 g/mol. The summed E-state index contributed by atoms with van der Waals surface area (Å²) in [6, 6.07) is 8.18. The summed E-state index contributed by atoms with van der Waals surface area (Å²) in [5, 5.41) is 39.7. The molecule has 1 aliphatic heterocycles. The molecule has 6 N–H and O–H groups in total. The maximum absolute atomic E-state index is 13.9. The van der Waals surface area contributed by atoms with Gasteiger partial charge in [0.25, 0.3) is 0 Å². The van der Waals surface area contributed by atoms with Crippen LogP contribution in [0.2, 0.25) is 0 Å². The Balaban J connectivity index is 1.93. The molecule has 5 atom stereocenters. The Kier molecular flexibility index (Phi) is 6.15. The van der Waals surface area contributed by atoms with Crippen LogP contribution >= 0.6 is 0 Å². The second-order valence-electron chi connectivity index (χ2n) is 7.36. The molecule has 1 fully saturated rings. The van der Waals surface area contributed by atoms with Crippen LogP contribution in [0, 0.1) is 0 Å². The fourth-order valence-electron chi connectivity index (χ4n) is 3.80. The summed E-state index contributed by atoms with van der Waals surface area (Å²) < 4.78 is 13.0. The van der Waals surface area contributed by atoms with Gasteiger partial charge in [-0.3, -0.25) is 9.36 Å². The van der Waals surface area contributed by atoms with E-state index < -0.39 is 55.7 Å². The van der Waals surface area contributed by atoms with E-state index in [4.69, 9.17) is 20.3 Å². The molecule has 3 heterocycles. The van der Waals surface area contributed by atoms with Crippen molar-refractivity contribution in [1.29, 1.82) is 0 Å². The van der Waals surface area contributed by atoms with E-state index in [0.29, 0.717) is 0 Å². The minimum Gasteiger partial charge on any atom is -0.394 e. The van der Waals surface area contributed by atoms with Crippen molar-refractivity contribution in [2.24, 2.45) is 0 Å². The molecule has 0 aliphatic carbocycles. The molecule has 1 saturated heterocycles. The molecule has 32 heavy (non-hydrogen) atoms. The summed E-state index contributed by atoms with van der Waals surface area (Å²) in [5.74, 6) is -0.533. The quantitative estimate of drug-likeness (QED) is 0.252. The van der Waals surface area contributed by atoms with Crippen LogP contribution in [0.5, 0.6) is 0 Å². The van der Waals surface area contributed by atoms with Gasteiger partial charge in [-0.1, -0.05) is 30.3 Å².